The van der Waals surface area contributed by atoms with Gasteiger partial charge in [-0.3, -0.25) is 0 Å². The monoisotopic (exact) mass is 212 g/mol. The first-order valence-corrected chi connectivity index (χ1v) is 5.47. The van der Waals surface area contributed by atoms with Crippen LogP contribution in [0.2, 0.25) is 0 Å². The van der Waals surface area contributed by atoms with Gasteiger partial charge in [0.25, 0.3) is 0 Å². The Morgan fingerprint density at radius 3 is 3.00 bits per heavy atom. The van der Waals surface area contributed by atoms with E-state index in [0.29, 0.717) is 11.8 Å². The van der Waals surface area contributed by atoms with Gasteiger partial charge in [-0.2, -0.15) is 4.98 Å². The standard InChI is InChI=1S/C10H13ClN2O/c11-7-10-12-9(13-14-10)6-8-4-2-1-3-5-8/h4H,1-3,5-7H2. The smallest absolute Gasteiger partial charge is 0.241 e. The second-order valence-corrected chi connectivity index (χ2v) is 3.79. The number of rotatable bonds is 3. The third-order valence-corrected chi connectivity index (χ3v) is 2.62. The third kappa shape index (κ3) is 2.35. The predicted octanol–water partition coefficient (Wildman–Crippen LogP) is 2.85. The molecule has 0 unspecified atom stereocenters. The minimum Gasteiger partial charge on any atom is -0.338 e. The highest BCUT2D eigenvalue weighted by molar-refractivity contribution is 6.16. The van der Waals surface area contributed by atoms with Crippen LogP contribution >= 0.6 is 11.6 Å². The van der Waals surface area contributed by atoms with Gasteiger partial charge >= 0.3 is 0 Å². The van der Waals surface area contributed by atoms with Crippen LogP contribution in [0.15, 0.2) is 16.2 Å². The summed E-state index contributed by atoms with van der Waals surface area (Å²) in [5, 5.41) is 3.87. The molecular weight excluding hydrogens is 200 g/mol. The lowest BCUT2D eigenvalue weighted by Crippen LogP contribution is -1.97. The molecule has 0 amide bonds. The highest BCUT2D eigenvalue weighted by Crippen LogP contribution is 2.20. The van der Waals surface area contributed by atoms with E-state index in [1.807, 2.05) is 0 Å². The minimum absolute atomic E-state index is 0.298. The van der Waals surface area contributed by atoms with E-state index in [9.17, 15) is 0 Å². The molecule has 1 aromatic rings. The van der Waals surface area contributed by atoms with E-state index < -0.39 is 0 Å². The fourth-order valence-electron chi connectivity index (χ4n) is 1.68. The molecule has 76 valence electrons. The van der Waals surface area contributed by atoms with Crippen LogP contribution in [-0.2, 0) is 12.3 Å². The van der Waals surface area contributed by atoms with E-state index in [2.05, 4.69) is 16.2 Å². The zero-order valence-corrected chi connectivity index (χ0v) is 8.76. The molecule has 0 fully saturated rings. The molecule has 1 aliphatic rings. The van der Waals surface area contributed by atoms with Crippen molar-refractivity contribution in [3.05, 3.63) is 23.4 Å². The number of alkyl halides is 1. The predicted molar refractivity (Wildman–Crippen MR) is 54.1 cm³/mol. The van der Waals surface area contributed by atoms with Crippen molar-refractivity contribution in [2.24, 2.45) is 0 Å². The van der Waals surface area contributed by atoms with Crippen molar-refractivity contribution in [2.45, 2.75) is 38.0 Å². The number of nitrogens with zero attached hydrogens (tertiary/aromatic N) is 2. The van der Waals surface area contributed by atoms with E-state index in [4.69, 9.17) is 16.1 Å². The van der Waals surface area contributed by atoms with E-state index in [1.165, 1.54) is 31.3 Å². The molecule has 3 nitrogen and oxygen atoms in total. The molecule has 14 heavy (non-hydrogen) atoms. The summed E-state index contributed by atoms with van der Waals surface area (Å²) in [6.07, 6.45) is 8.07. The molecule has 1 aromatic heterocycles. The Morgan fingerprint density at radius 1 is 1.43 bits per heavy atom. The average molecular weight is 213 g/mol. The second-order valence-electron chi connectivity index (χ2n) is 3.52. The Hall–Kier alpha value is -0.830. The first-order chi connectivity index (χ1) is 6.88. The van der Waals surface area contributed by atoms with E-state index in [0.717, 1.165) is 12.2 Å². The molecule has 0 atom stereocenters. The Bertz CT molecular complexity index is 333. The SMILES string of the molecule is ClCc1nc(CC2=CCCCC2)no1. The lowest BCUT2D eigenvalue weighted by molar-refractivity contribution is 0.384. The van der Waals surface area contributed by atoms with Crippen LogP contribution in [0, 0.1) is 0 Å². The second kappa shape index (κ2) is 4.60. The van der Waals surface area contributed by atoms with Crippen molar-refractivity contribution in [3.8, 4) is 0 Å². The van der Waals surface area contributed by atoms with Crippen molar-refractivity contribution in [3.63, 3.8) is 0 Å². The van der Waals surface area contributed by atoms with E-state index in [1.54, 1.807) is 0 Å². The van der Waals surface area contributed by atoms with Gasteiger partial charge in [0.15, 0.2) is 5.82 Å². The molecule has 1 heterocycles. The molecule has 1 aliphatic carbocycles. The fraction of sp³-hybridized carbons (Fsp3) is 0.600. The summed E-state index contributed by atoms with van der Waals surface area (Å²) < 4.78 is 4.94. The van der Waals surface area contributed by atoms with Gasteiger partial charge in [0.1, 0.15) is 5.88 Å². The van der Waals surface area contributed by atoms with Crippen molar-refractivity contribution in [1.82, 2.24) is 10.1 Å². The first-order valence-electron chi connectivity index (χ1n) is 4.94. The van der Waals surface area contributed by atoms with Crippen molar-refractivity contribution < 1.29 is 4.52 Å². The van der Waals surface area contributed by atoms with Crippen LogP contribution in [0.4, 0.5) is 0 Å². The molecular formula is C10H13ClN2O. The molecule has 0 radical (unpaired) electrons. The lowest BCUT2D eigenvalue weighted by Gasteiger charge is -2.09. The first kappa shape index (κ1) is 9.71. The van der Waals surface area contributed by atoms with Crippen LogP contribution in [0.25, 0.3) is 0 Å². The largest absolute Gasteiger partial charge is 0.338 e. The molecule has 0 aliphatic heterocycles. The summed E-state index contributed by atoms with van der Waals surface area (Å²) in [4.78, 5) is 4.17. The van der Waals surface area contributed by atoms with Crippen LogP contribution in [0.5, 0.6) is 0 Å². The maximum atomic E-state index is 5.57. The Labute approximate surface area is 88.1 Å². The van der Waals surface area contributed by atoms with Crippen molar-refractivity contribution in [2.75, 3.05) is 0 Å². The summed E-state index contributed by atoms with van der Waals surface area (Å²) in [6, 6.07) is 0. The third-order valence-electron chi connectivity index (χ3n) is 2.39. The van der Waals surface area contributed by atoms with Gasteiger partial charge in [-0.15, -0.1) is 11.6 Å². The summed E-state index contributed by atoms with van der Waals surface area (Å²) in [7, 11) is 0. The lowest BCUT2D eigenvalue weighted by atomic mass is 9.97. The summed E-state index contributed by atoms with van der Waals surface area (Å²) in [5.74, 6) is 1.57. The van der Waals surface area contributed by atoms with Gasteiger partial charge < -0.3 is 4.52 Å². The van der Waals surface area contributed by atoms with E-state index >= 15 is 0 Å². The maximum Gasteiger partial charge on any atom is 0.241 e. The van der Waals surface area contributed by atoms with Gasteiger partial charge in [-0.25, -0.2) is 0 Å². The normalized spacial score (nSPS) is 16.8. The molecule has 0 spiro atoms. The highest BCUT2D eigenvalue weighted by atomic mass is 35.5. The van der Waals surface area contributed by atoms with Gasteiger partial charge in [0.2, 0.25) is 5.89 Å². The topological polar surface area (TPSA) is 38.9 Å². The van der Waals surface area contributed by atoms with Gasteiger partial charge in [-0.1, -0.05) is 16.8 Å². The quantitative estimate of drug-likeness (QED) is 0.571. The Morgan fingerprint density at radius 2 is 2.36 bits per heavy atom. The fourth-order valence-corrected chi connectivity index (χ4v) is 1.79. The molecule has 0 N–H and O–H groups in total. The van der Waals surface area contributed by atoms with Crippen LogP contribution < -0.4 is 0 Å². The summed E-state index contributed by atoms with van der Waals surface area (Å²) >= 11 is 5.57. The summed E-state index contributed by atoms with van der Waals surface area (Å²) in [5.41, 5.74) is 1.43. The molecule has 0 bridgehead atoms. The molecule has 0 aromatic carbocycles. The Balaban J connectivity index is 1.99. The van der Waals surface area contributed by atoms with Crippen LogP contribution in [0.1, 0.15) is 37.4 Å². The average Bonchev–Trinajstić information content (AvgIpc) is 2.67. The van der Waals surface area contributed by atoms with Gasteiger partial charge in [0, 0.05) is 6.42 Å². The molecule has 4 heteroatoms. The molecule has 0 saturated carbocycles. The van der Waals surface area contributed by atoms with E-state index in [-0.39, 0.29) is 0 Å². The van der Waals surface area contributed by atoms with Crippen molar-refractivity contribution >= 4 is 11.6 Å². The van der Waals surface area contributed by atoms with Crippen molar-refractivity contribution in [1.29, 1.82) is 0 Å². The number of hydrogen-bond donors (Lipinski definition) is 0. The van der Waals surface area contributed by atoms with Gasteiger partial charge in [0.05, 0.1) is 0 Å². The Kier molecular flexibility index (Phi) is 3.19. The maximum absolute atomic E-state index is 5.57. The number of hydrogen-bond acceptors (Lipinski definition) is 3. The van der Waals surface area contributed by atoms with Gasteiger partial charge in [-0.05, 0) is 25.7 Å². The van der Waals surface area contributed by atoms with Crippen LogP contribution in [0.3, 0.4) is 0 Å². The number of halogens is 1. The molecule has 0 saturated heterocycles. The molecule has 2 rings (SSSR count). The zero-order chi connectivity index (χ0) is 9.80. The number of aromatic nitrogens is 2. The van der Waals surface area contributed by atoms with Crippen LogP contribution in [-0.4, -0.2) is 10.1 Å². The summed E-state index contributed by atoms with van der Waals surface area (Å²) in [6.45, 7) is 0. The zero-order valence-electron chi connectivity index (χ0n) is 8.00. The highest BCUT2D eigenvalue weighted by Gasteiger charge is 2.09. The minimum atomic E-state index is 0.298. The number of allylic oxidation sites excluding steroid dienone is 2.